The molecule has 1 heteroatoms. The first-order valence-electron chi connectivity index (χ1n) is 8.45. The molecule has 0 heterocycles. The molecule has 0 spiro atoms. The van der Waals surface area contributed by atoms with Gasteiger partial charge in [0, 0.05) is 0 Å². The number of rotatable bonds is 9. The van der Waals surface area contributed by atoms with Crippen molar-refractivity contribution < 1.29 is 17.0 Å². The van der Waals surface area contributed by atoms with Crippen LogP contribution >= 0.6 is 0 Å². The summed E-state index contributed by atoms with van der Waals surface area (Å²) in [4.78, 5) is 0. The van der Waals surface area contributed by atoms with E-state index in [9.17, 15) is 0 Å². The van der Waals surface area contributed by atoms with Crippen molar-refractivity contribution in [2.75, 3.05) is 0 Å². The molecule has 22 heavy (non-hydrogen) atoms. The molecule has 1 aromatic rings. The topological polar surface area (TPSA) is 0 Å². The van der Waals surface area contributed by atoms with E-state index in [4.69, 9.17) is 0 Å². The van der Waals surface area contributed by atoms with Gasteiger partial charge in [0.05, 0.1) is 0 Å². The van der Waals surface area contributed by atoms with Crippen molar-refractivity contribution in [3.8, 4) is 0 Å². The molecule has 119 valence electrons. The van der Waals surface area contributed by atoms with Crippen LogP contribution in [0.5, 0.6) is 0 Å². The second-order valence-electron chi connectivity index (χ2n) is 6.41. The zero-order chi connectivity index (χ0) is 16.5. The Labute approximate surface area is 146 Å². The Balaban J connectivity index is 2.98. The predicted molar refractivity (Wildman–Crippen MR) is 96.5 cm³/mol. The summed E-state index contributed by atoms with van der Waals surface area (Å²) in [5, 5.41) is 0. The van der Waals surface area contributed by atoms with Gasteiger partial charge >= 0.3 is 146 Å². The van der Waals surface area contributed by atoms with E-state index in [1.54, 1.807) is 5.56 Å². The van der Waals surface area contributed by atoms with E-state index in [0.29, 0.717) is 11.8 Å². The molecule has 0 saturated heterocycles. The van der Waals surface area contributed by atoms with Gasteiger partial charge in [0.25, 0.3) is 0 Å². The van der Waals surface area contributed by atoms with Crippen LogP contribution in [0.4, 0.5) is 0 Å². The van der Waals surface area contributed by atoms with Crippen molar-refractivity contribution in [2.45, 2.75) is 65.2 Å². The SMILES string of the molecule is C=C/C=C(\[CH]=[V])CCc1ccc(C(C)C)c(C(C)CCC)c1. The molecule has 0 aliphatic heterocycles. The quantitative estimate of drug-likeness (QED) is 0.478. The number of hydrogen-bond acceptors (Lipinski definition) is 0. The second-order valence-corrected chi connectivity index (χ2v) is 6.82. The minimum atomic E-state index is 0.598. The molecule has 1 unspecified atom stereocenters. The fourth-order valence-corrected chi connectivity index (χ4v) is 3.29. The standard InChI is InChI=1S/C21H30.V/c1-7-9-17(5)11-12-19-13-14-20(16(3)4)21(15-19)18(6)10-8-2;/h5,7,9,13-16,18H,1,8,10-12H2,2-4,6H3;/b17-9+;. The van der Waals surface area contributed by atoms with Crippen LogP contribution in [0, 0.1) is 0 Å². The molecule has 0 aliphatic rings. The summed E-state index contributed by atoms with van der Waals surface area (Å²) in [5.41, 5.74) is 5.86. The monoisotopic (exact) mass is 333 g/mol. The van der Waals surface area contributed by atoms with Gasteiger partial charge in [0.2, 0.25) is 0 Å². The molecular formula is C21H30V. The number of hydrogen-bond donors (Lipinski definition) is 0. The second kappa shape index (κ2) is 10.0. The van der Waals surface area contributed by atoms with E-state index in [1.165, 1.54) is 29.5 Å². The molecule has 1 rings (SSSR count). The molecule has 0 fully saturated rings. The van der Waals surface area contributed by atoms with Gasteiger partial charge in [-0.15, -0.1) is 0 Å². The Morgan fingerprint density at radius 2 is 1.95 bits per heavy atom. The van der Waals surface area contributed by atoms with Crippen molar-refractivity contribution in [3.63, 3.8) is 0 Å². The zero-order valence-corrected chi connectivity index (χ0v) is 16.0. The van der Waals surface area contributed by atoms with Crippen LogP contribution in [0.2, 0.25) is 0 Å². The summed E-state index contributed by atoms with van der Waals surface area (Å²) in [6.07, 6.45) is 8.65. The molecule has 0 aromatic heterocycles. The number of aryl methyl sites for hydroxylation is 1. The number of benzene rings is 1. The molecular weight excluding hydrogens is 303 g/mol. The molecule has 0 aliphatic carbocycles. The van der Waals surface area contributed by atoms with E-state index in [2.05, 4.69) is 80.3 Å². The molecule has 1 atom stereocenters. The minimum absolute atomic E-state index is 0.598. The van der Waals surface area contributed by atoms with Gasteiger partial charge in [-0.3, -0.25) is 0 Å². The van der Waals surface area contributed by atoms with Crippen molar-refractivity contribution in [1.29, 1.82) is 0 Å². The van der Waals surface area contributed by atoms with E-state index >= 15 is 0 Å². The number of allylic oxidation sites excluding steroid dienone is 3. The molecule has 0 radical (unpaired) electrons. The maximum atomic E-state index is 3.79. The molecule has 0 nitrogen and oxygen atoms in total. The Bertz CT molecular complexity index is 523. The van der Waals surface area contributed by atoms with Crippen molar-refractivity contribution in [1.82, 2.24) is 0 Å². The van der Waals surface area contributed by atoms with Crippen LogP contribution in [0.3, 0.4) is 0 Å². The average molecular weight is 333 g/mol. The van der Waals surface area contributed by atoms with Gasteiger partial charge in [0.1, 0.15) is 0 Å². The Morgan fingerprint density at radius 3 is 2.50 bits per heavy atom. The molecule has 0 saturated carbocycles. The predicted octanol–water partition coefficient (Wildman–Crippen LogP) is 6.11. The average Bonchev–Trinajstić information content (AvgIpc) is 2.51. The molecule has 0 bridgehead atoms. The van der Waals surface area contributed by atoms with Crippen LogP contribution in [-0.4, -0.2) is 4.73 Å². The van der Waals surface area contributed by atoms with Crippen LogP contribution in [-0.2, 0) is 23.4 Å². The summed E-state index contributed by atoms with van der Waals surface area (Å²) in [5.74, 6) is 1.25. The first-order chi connectivity index (χ1) is 10.5. The summed E-state index contributed by atoms with van der Waals surface area (Å²) in [6, 6.07) is 7.11. The molecule has 0 amide bonds. The van der Waals surface area contributed by atoms with Gasteiger partial charge in [0.15, 0.2) is 0 Å². The van der Waals surface area contributed by atoms with Gasteiger partial charge in [-0.1, -0.05) is 0 Å². The normalized spacial score (nSPS) is 13.2. The van der Waals surface area contributed by atoms with E-state index < -0.39 is 0 Å². The van der Waals surface area contributed by atoms with Crippen LogP contribution in [0.1, 0.15) is 75.5 Å². The third-order valence-corrected chi connectivity index (χ3v) is 4.74. The van der Waals surface area contributed by atoms with Gasteiger partial charge < -0.3 is 0 Å². The summed E-state index contributed by atoms with van der Waals surface area (Å²) >= 11 is 2.55. The maximum absolute atomic E-state index is 3.79. The van der Waals surface area contributed by atoms with Crippen molar-refractivity contribution >= 4 is 4.73 Å². The van der Waals surface area contributed by atoms with Crippen LogP contribution in [0.25, 0.3) is 0 Å². The van der Waals surface area contributed by atoms with Gasteiger partial charge in [-0.05, 0) is 0 Å². The third-order valence-electron chi connectivity index (χ3n) is 4.23. The zero-order valence-electron chi connectivity index (χ0n) is 14.6. The van der Waals surface area contributed by atoms with E-state index in [1.807, 2.05) is 6.08 Å². The first-order valence-corrected chi connectivity index (χ1v) is 9.25. The van der Waals surface area contributed by atoms with E-state index in [-0.39, 0.29) is 0 Å². The third kappa shape index (κ3) is 5.74. The van der Waals surface area contributed by atoms with Crippen LogP contribution < -0.4 is 0 Å². The molecule has 1 aromatic carbocycles. The van der Waals surface area contributed by atoms with Crippen LogP contribution in [0.15, 0.2) is 42.5 Å². The Hall–Kier alpha value is -0.846. The van der Waals surface area contributed by atoms with Crippen molar-refractivity contribution in [3.05, 3.63) is 59.2 Å². The summed E-state index contributed by atoms with van der Waals surface area (Å²) < 4.78 is 2.12. The Morgan fingerprint density at radius 1 is 1.23 bits per heavy atom. The van der Waals surface area contributed by atoms with E-state index in [0.717, 1.165) is 12.8 Å². The van der Waals surface area contributed by atoms with Gasteiger partial charge in [-0.2, -0.15) is 0 Å². The summed E-state index contributed by atoms with van der Waals surface area (Å²) in [6.45, 7) is 13.0. The fourth-order valence-electron chi connectivity index (χ4n) is 2.95. The summed E-state index contributed by atoms with van der Waals surface area (Å²) in [7, 11) is 0. The Kier molecular flexibility index (Phi) is 8.75. The fraction of sp³-hybridized carbons (Fsp3) is 0.476. The first kappa shape index (κ1) is 19.2. The molecule has 0 N–H and O–H groups in total. The van der Waals surface area contributed by atoms with Gasteiger partial charge in [-0.25, -0.2) is 0 Å². The van der Waals surface area contributed by atoms with Crippen molar-refractivity contribution in [2.24, 2.45) is 0 Å².